The van der Waals surface area contributed by atoms with E-state index in [2.05, 4.69) is 15.8 Å². The van der Waals surface area contributed by atoms with Crippen LogP contribution in [0.15, 0.2) is 29.3 Å². The Labute approximate surface area is 253 Å². The van der Waals surface area contributed by atoms with Gasteiger partial charge >= 0.3 is 5.97 Å². The minimum Gasteiger partial charge on any atom is -0.462 e. The average Bonchev–Trinajstić information content (AvgIpc) is 3.00. The van der Waals surface area contributed by atoms with Gasteiger partial charge in [-0.15, -0.1) is 11.8 Å². The van der Waals surface area contributed by atoms with E-state index in [0.29, 0.717) is 60.4 Å². The summed E-state index contributed by atoms with van der Waals surface area (Å²) in [5.74, 6) is 1.04. The maximum absolute atomic E-state index is 11.9. The van der Waals surface area contributed by atoms with E-state index in [9.17, 15) is 14.9 Å². The van der Waals surface area contributed by atoms with E-state index in [4.69, 9.17) is 26.8 Å². The zero-order valence-electron chi connectivity index (χ0n) is 25.0. The number of Topliss-reactive ketones (excluding diaryl/α,β-unsaturated/α-hetero) is 1. The van der Waals surface area contributed by atoms with Crippen LogP contribution in [0.25, 0.3) is 4.85 Å². The second-order valence-electron chi connectivity index (χ2n) is 10.8. The van der Waals surface area contributed by atoms with Gasteiger partial charge in [-0.25, -0.2) is 9.83 Å². The largest absolute Gasteiger partial charge is 0.462 e. The number of pyridine rings is 1. The lowest BCUT2D eigenvalue weighted by Gasteiger charge is -2.34. The molecule has 2 aromatic rings. The van der Waals surface area contributed by atoms with Crippen molar-refractivity contribution in [3.8, 4) is 6.07 Å². The van der Waals surface area contributed by atoms with Gasteiger partial charge in [-0.05, 0) is 55.2 Å². The van der Waals surface area contributed by atoms with Gasteiger partial charge in [0.1, 0.15) is 35.3 Å². The molecule has 9 nitrogen and oxygen atoms in total. The van der Waals surface area contributed by atoms with Gasteiger partial charge in [-0.1, -0.05) is 45.0 Å². The first kappa shape index (κ1) is 33.1. The van der Waals surface area contributed by atoms with Crippen molar-refractivity contribution in [2.24, 2.45) is 11.7 Å². The Morgan fingerprint density at radius 3 is 2.45 bits per heavy atom. The molecule has 0 bridgehead atoms. The van der Waals surface area contributed by atoms with Crippen LogP contribution in [-0.4, -0.2) is 55.2 Å². The van der Waals surface area contributed by atoms with Gasteiger partial charge in [-0.2, -0.15) is 5.26 Å². The number of aryl methyl sites for hydroxylation is 1. The molecule has 1 atom stereocenters. The first-order valence-corrected chi connectivity index (χ1v) is 15.5. The number of nitrogens with two attached hydrogens (primary N) is 1. The zero-order chi connectivity index (χ0) is 30.6. The lowest BCUT2D eigenvalue weighted by Crippen LogP contribution is -2.39. The number of benzene rings is 1. The summed E-state index contributed by atoms with van der Waals surface area (Å²) in [6, 6.07) is 9.86. The van der Waals surface area contributed by atoms with Crippen LogP contribution >= 0.6 is 11.8 Å². The van der Waals surface area contributed by atoms with Crippen molar-refractivity contribution in [1.82, 2.24) is 4.98 Å². The third-order valence-electron chi connectivity index (χ3n) is 7.38. The number of hydrogen-bond acceptors (Lipinski definition) is 9. The molecule has 1 aromatic carbocycles. The van der Waals surface area contributed by atoms with Crippen molar-refractivity contribution in [3.63, 3.8) is 0 Å². The van der Waals surface area contributed by atoms with E-state index in [1.165, 1.54) is 11.8 Å². The van der Waals surface area contributed by atoms with Crippen LogP contribution < -0.4 is 10.6 Å². The van der Waals surface area contributed by atoms with E-state index in [1.807, 2.05) is 45.0 Å². The maximum Gasteiger partial charge on any atom is 0.323 e. The summed E-state index contributed by atoms with van der Waals surface area (Å²) in [4.78, 5) is 34.0. The van der Waals surface area contributed by atoms with Crippen LogP contribution in [0.3, 0.4) is 0 Å². The predicted octanol–water partition coefficient (Wildman–Crippen LogP) is 5.39. The fourth-order valence-electron chi connectivity index (χ4n) is 4.72. The van der Waals surface area contributed by atoms with Crippen LogP contribution in [0.4, 0.5) is 11.5 Å². The number of aromatic nitrogens is 1. The molecule has 1 fully saturated rings. The molecule has 0 aliphatic carbocycles. The summed E-state index contributed by atoms with van der Waals surface area (Å²) in [6.45, 7) is 17.0. The van der Waals surface area contributed by atoms with Crippen LogP contribution in [0.5, 0.6) is 0 Å². The van der Waals surface area contributed by atoms with E-state index in [0.717, 1.165) is 36.0 Å². The quantitative estimate of drug-likeness (QED) is 0.133. The summed E-state index contributed by atoms with van der Waals surface area (Å²) in [6.07, 6.45) is 3.34. The number of piperidine rings is 1. The van der Waals surface area contributed by atoms with Crippen LogP contribution in [-0.2, 0) is 37.7 Å². The second-order valence-corrected chi connectivity index (χ2v) is 11.8. The minimum absolute atomic E-state index is 0.0157. The third-order valence-corrected chi connectivity index (χ3v) is 8.42. The van der Waals surface area contributed by atoms with Crippen molar-refractivity contribution in [2.45, 2.75) is 82.7 Å². The normalized spacial score (nSPS) is 14.3. The molecule has 0 amide bonds. The lowest BCUT2D eigenvalue weighted by atomic mass is 10.0. The van der Waals surface area contributed by atoms with E-state index >= 15 is 0 Å². The van der Waals surface area contributed by atoms with Crippen LogP contribution in [0.1, 0.15) is 69.2 Å². The Bertz CT molecular complexity index is 1310. The molecule has 2 heterocycles. The molecular weight excluding hydrogens is 550 g/mol. The molecule has 10 heteroatoms. The van der Waals surface area contributed by atoms with Crippen LogP contribution in [0, 0.1) is 23.8 Å². The Kier molecular flexibility index (Phi) is 12.8. The number of thioether (sulfide) groups is 1. The van der Waals surface area contributed by atoms with Gasteiger partial charge < -0.3 is 24.9 Å². The summed E-state index contributed by atoms with van der Waals surface area (Å²) >= 11 is 1.50. The monoisotopic (exact) mass is 591 g/mol. The van der Waals surface area contributed by atoms with Gasteiger partial charge in [0.2, 0.25) is 5.69 Å². The van der Waals surface area contributed by atoms with Gasteiger partial charge in [0.05, 0.1) is 24.8 Å². The van der Waals surface area contributed by atoms with Crippen molar-refractivity contribution >= 4 is 35.0 Å². The molecule has 1 aromatic heterocycles. The molecule has 3 rings (SSSR count). The fraction of sp³-hybridized carbons (Fsp3) is 0.531. The summed E-state index contributed by atoms with van der Waals surface area (Å²) < 4.78 is 11.2. The summed E-state index contributed by atoms with van der Waals surface area (Å²) in [5, 5.41) is 10.7. The highest BCUT2D eigenvalue weighted by Crippen LogP contribution is 2.39. The van der Waals surface area contributed by atoms with Crippen molar-refractivity contribution in [3.05, 3.63) is 57.9 Å². The lowest BCUT2D eigenvalue weighted by molar-refractivity contribution is -0.148. The highest BCUT2D eigenvalue weighted by Gasteiger charge is 2.27. The Morgan fingerprint density at radius 2 is 1.88 bits per heavy atom. The number of nitriles is 1. The maximum atomic E-state index is 11.9. The molecule has 224 valence electrons. The number of hydrogen-bond donors (Lipinski definition) is 1. The van der Waals surface area contributed by atoms with Crippen molar-refractivity contribution < 1.29 is 19.1 Å². The standard InChI is InChI=1S/C32H41N5O4S/c1-6-26-27(19-33)31(42-20-24-11-9-23(10-12-24)8-7-22(4)38)36-30(29(26)35-5)37-15-13-25(14-16-37)40-17-18-41-32(39)28(34)21(2)3/h9-12,21,25,28H,6-8,13-18,20,34H2,1-4H3/t28-/m0/s1. The van der Waals surface area contributed by atoms with Crippen LogP contribution in [0.2, 0.25) is 0 Å². The number of carbonyl (C=O) groups is 2. The topological polar surface area (TPSA) is 123 Å². The van der Waals surface area contributed by atoms with Gasteiger partial charge in [0.25, 0.3) is 0 Å². The molecule has 0 spiro atoms. The van der Waals surface area contributed by atoms with Gasteiger partial charge in [0.15, 0.2) is 0 Å². The number of carbonyl (C=O) groups excluding carboxylic acids is 2. The Hall–Kier alpha value is -3.44. The molecule has 2 N–H and O–H groups in total. The number of ether oxygens (including phenoxy) is 2. The average molecular weight is 592 g/mol. The fourth-order valence-corrected chi connectivity index (χ4v) is 5.68. The number of esters is 1. The number of rotatable bonds is 14. The SMILES string of the molecule is [C-]#[N+]c1c(N2CCC(OCCOC(=O)[C@@H](N)C(C)C)CC2)nc(SCc2ccc(CCC(C)=O)cc2)c(C#N)c1CC. The number of nitrogens with zero attached hydrogens (tertiary/aromatic N) is 4. The highest BCUT2D eigenvalue weighted by molar-refractivity contribution is 7.98. The summed E-state index contributed by atoms with van der Waals surface area (Å²) in [5.41, 5.74) is 9.70. The molecule has 1 saturated heterocycles. The van der Waals surface area contributed by atoms with E-state index in [-0.39, 0.29) is 24.4 Å². The highest BCUT2D eigenvalue weighted by atomic mass is 32.2. The van der Waals surface area contributed by atoms with Crippen molar-refractivity contribution in [2.75, 3.05) is 31.2 Å². The zero-order valence-corrected chi connectivity index (χ0v) is 25.8. The van der Waals surface area contributed by atoms with Crippen molar-refractivity contribution in [1.29, 1.82) is 5.26 Å². The van der Waals surface area contributed by atoms with Gasteiger partial charge in [0, 0.05) is 25.3 Å². The first-order valence-electron chi connectivity index (χ1n) is 14.5. The number of anilines is 1. The smallest absolute Gasteiger partial charge is 0.323 e. The first-order chi connectivity index (χ1) is 20.2. The molecule has 42 heavy (non-hydrogen) atoms. The predicted molar refractivity (Wildman–Crippen MR) is 165 cm³/mol. The molecule has 1 aliphatic rings. The third kappa shape index (κ3) is 9.03. The molecule has 0 saturated carbocycles. The van der Waals surface area contributed by atoms with Gasteiger partial charge in [-0.3, -0.25) is 4.79 Å². The molecule has 1 aliphatic heterocycles. The number of ketones is 1. The Morgan fingerprint density at radius 1 is 1.21 bits per heavy atom. The van der Waals surface area contributed by atoms with E-state index < -0.39 is 12.0 Å². The second kappa shape index (κ2) is 16.3. The summed E-state index contributed by atoms with van der Waals surface area (Å²) in [7, 11) is 0. The molecular formula is C32H41N5O4S. The Balaban J connectivity index is 1.65. The minimum atomic E-state index is -0.634. The van der Waals surface area contributed by atoms with E-state index in [1.54, 1.807) is 6.92 Å². The molecule has 0 radical (unpaired) electrons. The molecule has 0 unspecified atom stereocenters.